The van der Waals surface area contributed by atoms with E-state index in [1.165, 1.54) is 6.07 Å². The van der Waals surface area contributed by atoms with Gasteiger partial charge in [-0.2, -0.15) is 0 Å². The SMILES string of the molecule is Cc1cc(F)ccc1CN1CCc2nc(C(C)C)[nH]c(=O)c2C1. The van der Waals surface area contributed by atoms with Crippen LogP contribution in [0.5, 0.6) is 0 Å². The molecule has 0 saturated carbocycles. The molecule has 5 heteroatoms. The fraction of sp³-hybridized carbons (Fsp3) is 0.444. The summed E-state index contributed by atoms with van der Waals surface area (Å²) >= 11 is 0. The summed E-state index contributed by atoms with van der Waals surface area (Å²) in [6, 6.07) is 4.87. The number of aromatic nitrogens is 2. The minimum atomic E-state index is -0.211. The van der Waals surface area contributed by atoms with Crippen LogP contribution in [-0.2, 0) is 19.5 Å². The summed E-state index contributed by atoms with van der Waals surface area (Å²) in [5.74, 6) is 0.765. The van der Waals surface area contributed by atoms with Crippen LogP contribution in [0, 0.1) is 12.7 Å². The van der Waals surface area contributed by atoms with Gasteiger partial charge in [0, 0.05) is 32.0 Å². The fourth-order valence-corrected chi connectivity index (χ4v) is 2.99. The Labute approximate surface area is 135 Å². The molecule has 1 aromatic carbocycles. The number of hydrogen-bond acceptors (Lipinski definition) is 3. The molecular formula is C18H22FN3O. The molecule has 1 aromatic heterocycles. The summed E-state index contributed by atoms with van der Waals surface area (Å²) in [4.78, 5) is 22.1. The number of halogens is 1. The zero-order valence-corrected chi connectivity index (χ0v) is 13.8. The zero-order chi connectivity index (χ0) is 16.6. The summed E-state index contributed by atoms with van der Waals surface area (Å²) in [5.41, 5.74) is 3.69. The first-order valence-electron chi connectivity index (χ1n) is 8.03. The second-order valence-corrected chi connectivity index (χ2v) is 6.56. The number of nitrogens with zero attached hydrogens (tertiary/aromatic N) is 2. The van der Waals surface area contributed by atoms with E-state index in [-0.39, 0.29) is 17.3 Å². The average molecular weight is 315 g/mol. The van der Waals surface area contributed by atoms with Crippen molar-refractivity contribution in [2.45, 2.75) is 46.2 Å². The molecule has 0 spiro atoms. The predicted octanol–water partition coefficient (Wildman–Crippen LogP) is 2.90. The number of rotatable bonds is 3. The minimum absolute atomic E-state index is 0.0285. The maximum atomic E-state index is 13.2. The van der Waals surface area contributed by atoms with Crippen LogP contribution in [0.2, 0.25) is 0 Å². The number of fused-ring (bicyclic) bond motifs is 1. The first kappa shape index (κ1) is 15.9. The van der Waals surface area contributed by atoms with Crippen LogP contribution in [0.4, 0.5) is 4.39 Å². The van der Waals surface area contributed by atoms with Gasteiger partial charge in [-0.05, 0) is 30.2 Å². The lowest BCUT2D eigenvalue weighted by Gasteiger charge is -2.28. The molecule has 4 nitrogen and oxygen atoms in total. The molecule has 3 rings (SSSR count). The monoisotopic (exact) mass is 315 g/mol. The number of aryl methyl sites for hydroxylation is 1. The zero-order valence-electron chi connectivity index (χ0n) is 13.8. The van der Waals surface area contributed by atoms with Gasteiger partial charge >= 0.3 is 0 Å². The molecule has 0 aliphatic carbocycles. The molecule has 23 heavy (non-hydrogen) atoms. The molecule has 2 aromatic rings. The number of aromatic amines is 1. The van der Waals surface area contributed by atoms with E-state index in [0.717, 1.165) is 47.7 Å². The van der Waals surface area contributed by atoms with Crippen molar-refractivity contribution in [1.82, 2.24) is 14.9 Å². The molecule has 0 atom stereocenters. The number of nitrogens with one attached hydrogen (secondary N) is 1. The van der Waals surface area contributed by atoms with Crippen molar-refractivity contribution in [1.29, 1.82) is 0 Å². The summed E-state index contributed by atoms with van der Waals surface area (Å²) < 4.78 is 13.2. The van der Waals surface area contributed by atoms with E-state index >= 15 is 0 Å². The van der Waals surface area contributed by atoms with Crippen molar-refractivity contribution in [3.05, 3.63) is 62.6 Å². The number of H-pyrrole nitrogens is 1. The smallest absolute Gasteiger partial charge is 0.255 e. The average Bonchev–Trinajstić information content (AvgIpc) is 2.50. The van der Waals surface area contributed by atoms with Crippen LogP contribution >= 0.6 is 0 Å². The van der Waals surface area contributed by atoms with Crippen molar-refractivity contribution in [3.8, 4) is 0 Å². The highest BCUT2D eigenvalue weighted by molar-refractivity contribution is 5.27. The van der Waals surface area contributed by atoms with E-state index in [1.54, 1.807) is 6.07 Å². The van der Waals surface area contributed by atoms with Gasteiger partial charge in [-0.25, -0.2) is 9.37 Å². The molecule has 0 radical (unpaired) electrons. The topological polar surface area (TPSA) is 49.0 Å². The standard InChI is InChI=1S/C18H22FN3O/c1-11(2)17-20-16-6-7-22(10-15(16)18(23)21-17)9-13-4-5-14(19)8-12(13)3/h4-5,8,11H,6-7,9-10H2,1-3H3,(H,20,21,23). The van der Waals surface area contributed by atoms with Gasteiger partial charge in [0.05, 0.1) is 11.3 Å². The van der Waals surface area contributed by atoms with E-state index in [9.17, 15) is 9.18 Å². The predicted molar refractivity (Wildman–Crippen MR) is 87.9 cm³/mol. The molecule has 0 saturated heterocycles. The normalized spacial score (nSPS) is 15.0. The first-order valence-corrected chi connectivity index (χ1v) is 8.03. The number of benzene rings is 1. The highest BCUT2D eigenvalue weighted by atomic mass is 19.1. The highest BCUT2D eigenvalue weighted by Crippen LogP contribution is 2.20. The molecule has 1 aliphatic rings. The van der Waals surface area contributed by atoms with E-state index in [1.807, 2.05) is 26.8 Å². The van der Waals surface area contributed by atoms with E-state index < -0.39 is 0 Å². The molecule has 122 valence electrons. The summed E-state index contributed by atoms with van der Waals surface area (Å²) in [6.45, 7) is 8.13. The van der Waals surface area contributed by atoms with Gasteiger partial charge < -0.3 is 4.98 Å². The first-order chi connectivity index (χ1) is 10.9. The quantitative estimate of drug-likeness (QED) is 0.947. The Morgan fingerprint density at radius 1 is 1.39 bits per heavy atom. The second-order valence-electron chi connectivity index (χ2n) is 6.56. The molecular weight excluding hydrogens is 293 g/mol. The molecule has 0 amide bonds. The summed E-state index contributed by atoms with van der Waals surface area (Å²) in [7, 11) is 0. The van der Waals surface area contributed by atoms with E-state index in [4.69, 9.17) is 0 Å². The third-order valence-corrected chi connectivity index (χ3v) is 4.41. The maximum absolute atomic E-state index is 13.2. The van der Waals surface area contributed by atoms with Gasteiger partial charge in [-0.1, -0.05) is 19.9 Å². The van der Waals surface area contributed by atoms with Crippen LogP contribution in [0.1, 0.15) is 48.0 Å². The van der Waals surface area contributed by atoms with Crippen LogP contribution in [0.25, 0.3) is 0 Å². The van der Waals surface area contributed by atoms with Crippen LogP contribution in [0.15, 0.2) is 23.0 Å². The van der Waals surface area contributed by atoms with Crippen LogP contribution in [0.3, 0.4) is 0 Å². The third kappa shape index (κ3) is 3.34. The molecule has 0 fully saturated rings. The van der Waals surface area contributed by atoms with Crippen LogP contribution < -0.4 is 5.56 Å². The van der Waals surface area contributed by atoms with Crippen molar-refractivity contribution < 1.29 is 4.39 Å². The number of hydrogen-bond donors (Lipinski definition) is 1. The summed E-state index contributed by atoms with van der Waals surface area (Å²) in [5, 5.41) is 0. The van der Waals surface area contributed by atoms with E-state index in [2.05, 4.69) is 14.9 Å². The molecule has 1 N–H and O–H groups in total. The molecule has 2 heterocycles. The maximum Gasteiger partial charge on any atom is 0.255 e. The van der Waals surface area contributed by atoms with Crippen molar-refractivity contribution in [2.75, 3.05) is 6.54 Å². The van der Waals surface area contributed by atoms with Gasteiger partial charge in [0.2, 0.25) is 0 Å². The van der Waals surface area contributed by atoms with E-state index in [0.29, 0.717) is 6.54 Å². The highest BCUT2D eigenvalue weighted by Gasteiger charge is 2.22. The lowest BCUT2D eigenvalue weighted by molar-refractivity contribution is 0.240. The van der Waals surface area contributed by atoms with Gasteiger partial charge in [0.1, 0.15) is 11.6 Å². The third-order valence-electron chi connectivity index (χ3n) is 4.41. The second kappa shape index (κ2) is 6.24. The van der Waals surface area contributed by atoms with Gasteiger partial charge in [0.25, 0.3) is 5.56 Å². The summed E-state index contributed by atoms with van der Waals surface area (Å²) in [6.07, 6.45) is 0.777. The fourth-order valence-electron chi connectivity index (χ4n) is 2.99. The minimum Gasteiger partial charge on any atom is -0.310 e. The van der Waals surface area contributed by atoms with Gasteiger partial charge in [-0.3, -0.25) is 9.69 Å². The Morgan fingerprint density at radius 3 is 2.87 bits per heavy atom. The van der Waals surface area contributed by atoms with Crippen molar-refractivity contribution >= 4 is 0 Å². The Morgan fingerprint density at radius 2 is 2.17 bits per heavy atom. The Bertz CT molecular complexity index is 782. The molecule has 1 aliphatic heterocycles. The Hall–Kier alpha value is -2.01. The van der Waals surface area contributed by atoms with Crippen molar-refractivity contribution in [3.63, 3.8) is 0 Å². The van der Waals surface area contributed by atoms with Gasteiger partial charge in [-0.15, -0.1) is 0 Å². The van der Waals surface area contributed by atoms with Crippen LogP contribution in [-0.4, -0.2) is 21.4 Å². The lowest BCUT2D eigenvalue weighted by atomic mass is 10.0. The lowest BCUT2D eigenvalue weighted by Crippen LogP contribution is -2.36. The Balaban J connectivity index is 1.82. The molecule has 0 bridgehead atoms. The van der Waals surface area contributed by atoms with Gasteiger partial charge in [0.15, 0.2) is 0 Å². The van der Waals surface area contributed by atoms with Crippen molar-refractivity contribution in [2.24, 2.45) is 0 Å². The largest absolute Gasteiger partial charge is 0.310 e. The molecule has 0 unspecified atom stereocenters. The Kier molecular flexibility index (Phi) is 4.31.